The molecule has 2 aliphatic rings. The van der Waals surface area contributed by atoms with Gasteiger partial charge < -0.3 is 10.5 Å². The van der Waals surface area contributed by atoms with Crippen LogP contribution in [0.5, 0.6) is 11.5 Å². The van der Waals surface area contributed by atoms with Gasteiger partial charge in [-0.2, -0.15) is 13.9 Å². The van der Waals surface area contributed by atoms with Crippen LogP contribution in [0.3, 0.4) is 0 Å². The summed E-state index contributed by atoms with van der Waals surface area (Å²) in [5.74, 6) is -9.98. The predicted octanol–water partition coefficient (Wildman–Crippen LogP) is 7.01. The molecule has 0 spiro atoms. The van der Waals surface area contributed by atoms with E-state index in [0.717, 1.165) is 44.2 Å². The molecule has 2 atom stereocenters. The molecular formula is C31H28F5N5O3. The zero-order valence-corrected chi connectivity index (χ0v) is 23.5. The Labute approximate surface area is 248 Å². The van der Waals surface area contributed by atoms with Crippen molar-refractivity contribution in [3.63, 3.8) is 0 Å². The molecule has 2 aromatic carbocycles. The Bertz CT molecular complexity index is 1750. The lowest BCUT2D eigenvalue weighted by Crippen LogP contribution is -2.25. The first-order valence-corrected chi connectivity index (χ1v) is 14.5. The Balaban J connectivity index is 1.34. The van der Waals surface area contributed by atoms with Crippen LogP contribution in [0.15, 0.2) is 30.6 Å². The summed E-state index contributed by atoms with van der Waals surface area (Å²) in [6.07, 6.45) is 7.23. The van der Waals surface area contributed by atoms with Gasteiger partial charge in [-0.05, 0) is 44.2 Å². The van der Waals surface area contributed by atoms with Crippen LogP contribution in [0.25, 0.3) is 22.3 Å². The van der Waals surface area contributed by atoms with Gasteiger partial charge in [-0.25, -0.2) is 27.8 Å². The maximum Gasteiger partial charge on any atom is 0.204 e. The van der Waals surface area contributed by atoms with Crippen molar-refractivity contribution in [1.29, 1.82) is 0 Å². The highest BCUT2D eigenvalue weighted by Gasteiger charge is 2.34. The maximum absolute atomic E-state index is 15.6. The molecule has 2 saturated carbocycles. The Morgan fingerprint density at radius 3 is 2.27 bits per heavy atom. The normalized spacial score (nSPS) is 19.0. The summed E-state index contributed by atoms with van der Waals surface area (Å²) in [6, 6.07) is 2.92. The zero-order chi connectivity index (χ0) is 31.1. The summed E-state index contributed by atoms with van der Waals surface area (Å²) in [5.41, 5.74) is 6.56. The molecule has 44 heavy (non-hydrogen) atoms. The van der Waals surface area contributed by atoms with E-state index in [2.05, 4.69) is 9.97 Å². The van der Waals surface area contributed by atoms with Gasteiger partial charge in [0.1, 0.15) is 41.0 Å². The van der Waals surface area contributed by atoms with E-state index in [9.17, 15) is 27.2 Å². The van der Waals surface area contributed by atoms with E-state index in [0.29, 0.717) is 24.9 Å². The number of carbonyl (C=O) groups excluding carboxylic acids is 2. The van der Waals surface area contributed by atoms with E-state index in [1.165, 1.54) is 12.4 Å². The minimum absolute atomic E-state index is 0.000327. The molecule has 2 aliphatic carbocycles. The number of rotatable bonds is 8. The second kappa shape index (κ2) is 11.9. The fourth-order valence-electron chi connectivity index (χ4n) is 5.84. The predicted molar refractivity (Wildman–Crippen MR) is 149 cm³/mol. The minimum atomic E-state index is -1.77. The van der Waals surface area contributed by atoms with E-state index < -0.39 is 40.6 Å². The third-order valence-corrected chi connectivity index (χ3v) is 8.33. The van der Waals surface area contributed by atoms with Crippen molar-refractivity contribution < 1.29 is 36.3 Å². The summed E-state index contributed by atoms with van der Waals surface area (Å²) < 4.78 is 77.7. The van der Waals surface area contributed by atoms with E-state index in [-0.39, 0.29) is 64.4 Å². The van der Waals surface area contributed by atoms with Crippen molar-refractivity contribution in [2.24, 2.45) is 11.8 Å². The average Bonchev–Trinajstić information content (AvgIpc) is 3.76. The van der Waals surface area contributed by atoms with Gasteiger partial charge in [-0.15, -0.1) is 0 Å². The molecule has 8 nitrogen and oxygen atoms in total. The number of fused-ring (bicyclic) bond motifs is 1. The Morgan fingerprint density at radius 1 is 0.864 bits per heavy atom. The molecule has 0 aliphatic heterocycles. The number of aromatic nitrogens is 4. The first-order chi connectivity index (χ1) is 21.1. The lowest BCUT2D eigenvalue weighted by atomic mass is 9.84. The monoisotopic (exact) mass is 613 g/mol. The molecule has 6 rings (SSSR count). The zero-order valence-electron chi connectivity index (χ0n) is 23.5. The number of nitrogen functional groups attached to an aromatic ring is 1. The number of nitrogens with zero attached hydrogens (tertiary/aromatic N) is 4. The largest absolute Gasteiger partial charge is 0.451 e. The number of halogens is 5. The summed E-state index contributed by atoms with van der Waals surface area (Å²) in [5, 5.41) is 4.95. The van der Waals surface area contributed by atoms with Crippen LogP contribution < -0.4 is 10.5 Å². The minimum Gasteiger partial charge on any atom is -0.451 e. The lowest BCUT2D eigenvalue weighted by molar-refractivity contribution is -0.130. The molecule has 13 heteroatoms. The molecule has 0 amide bonds. The second-order valence-electron chi connectivity index (χ2n) is 11.4. The lowest BCUT2D eigenvalue weighted by Gasteiger charge is -2.26. The number of ketones is 2. The summed E-state index contributed by atoms with van der Waals surface area (Å²) in [4.78, 5) is 34.0. The van der Waals surface area contributed by atoms with E-state index in [1.54, 1.807) is 4.68 Å². The fourth-order valence-corrected chi connectivity index (χ4v) is 5.84. The van der Waals surface area contributed by atoms with Gasteiger partial charge in [-0.3, -0.25) is 9.59 Å². The molecule has 0 saturated heterocycles. The Hall–Kier alpha value is -4.42. The molecule has 2 fully saturated rings. The number of carbonyl (C=O) groups is 2. The van der Waals surface area contributed by atoms with Crippen molar-refractivity contribution in [3.05, 3.63) is 59.7 Å². The van der Waals surface area contributed by atoms with Crippen LogP contribution in [0.1, 0.15) is 63.8 Å². The fraction of sp³-hybridized carbons (Fsp3) is 0.387. The van der Waals surface area contributed by atoms with Crippen LogP contribution >= 0.6 is 0 Å². The van der Waals surface area contributed by atoms with Gasteiger partial charge in [0.05, 0.1) is 17.8 Å². The van der Waals surface area contributed by atoms with Crippen molar-refractivity contribution >= 4 is 28.4 Å². The van der Waals surface area contributed by atoms with Crippen molar-refractivity contribution in [2.75, 3.05) is 5.73 Å². The van der Waals surface area contributed by atoms with E-state index >= 15 is 4.39 Å². The third-order valence-electron chi connectivity index (χ3n) is 8.33. The second-order valence-corrected chi connectivity index (χ2v) is 11.4. The van der Waals surface area contributed by atoms with E-state index in [1.807, 2.05) is 0 Å². The molecule has 2 aromatic heterocycles. The molecule has 2 unspecified atom stereocenters. The molecule has 0 radical (unpaired) electrons. The SMILES string of the molecule is Nc1ncnc2c1c(-c1ccc(Oc3c(F)c(F)cc(F)c3F)cc1F)nn2C1CCCCCC(C(=O)CC(=O)C2CC2)C1. The molecule has 4 aromatic rings. The van der Waals surface area contributed by atoms with Gasteiger partial charge in [0, 0.05) is 29.5 Å². The van der Waals surface area contributed by atoms with Crippen LogP contribution in [0.2, 0.25) is 0 Å². The molecule has 2 N–H and O–H groups in total. The number of ether oxygens (including phenoxy) is 1. The highest BCUT2D eigenvalue weighted by Crippen LogP contribution is 2.40. The molecule has 2 heterocycles. The van der Waals surface area contributed by atoms with Gasteiger partial charge in [0.15, 0.2) is 17.3 Å². The number of benzene rings is 2. The standard InChI is InChI=1S/C31H28F5N5O3/c32-20-11-18(44-29-26(35)21(33)12-22(34)27(29)36)8-9-19(20)28-25-30(37)38-14-39-31(25)41(40-28)17-5-3-1-2-4-16(10-17)24(43)13-23(42)15-6-7-15/h8-9,11-12,14-17H,1-7,10,13H2,(H2,37,38,39). The smallest absolute Gasteiger partial charge is 0.204 e. The molecular weight excluding hydrogens is 585 g/mol. The average molecular weight is 614 g/mol. The number of hydrogen-bond acceptors (Lipinski definition) is 7. The topological polar surface area (TPSA) is 113 Å². The van der Waals surface area contributed by atoms with Gasteiger partial charge >= 0.3 is 0 Å². The van der Waals surface area contributed by atoms with E-state index in [4.69, 9.17) is 15.6 Å². The Morgan fingerprint density at radius 2 is 1.57 bits per heavy atom. The summed E-state index contributed by atoms with van der Waals surface area (Å²) in [6.45, 7) is 0. The third kappa shape index (κ3) is 5.74. The summed E-state index contributed by atoms with van der Waals surface area (Å²) in [7, 11) is 0. The van der Waals surface area contributed by atoms with Gasteiger partial charge in [0.2, 0.25) is 17.4 Å². The summed E-state index contributed by atoms with van der Waals surface area (Å²) >= 11 is 0. The molecule has 230 valence electrons. The van der Waals surface area contributed by atoms with Crippen LogP contribution in [-0.4, -0.2) is 31.3 Å². The highest BCUT2D eigenvalue weighted by molar-refractivity contribution is 6.02. The van der Waals surface area contributed by atoms with Crippen LogP contribution in [0.4, 0.5) is 27.8 Å². The van der Waals surface area contributed by atoms with Crippen molar-refractivity contribution in [1.82, 2.24) is 19.7 Å². The van der Waals surface area contributed by atoms with Crippen molar-refractivity contribution in [2.45, 2.75) is 63.8 Å². The quantitative estimate of drug-likeness (QED) is 0.129. The molecule has 0 bridgehead atoms. The first-order valence-electron chi connectivity index (χ1n) is 14.5. The van der Waals surface area contributed by atoms with Gasteiger partial charge in [-0.1, -0.05) is 19.3 Å². The maximum atomic E-state index is 15.6. The number of hydrogen-bond donors (Lipinski definition) is 1. The first kappa shape index (κ1) is 29.6. The van der Waals surface area contributed by atoms with Crippen LogP contribution in [0, 0.1) is 40.9 Å². The van der Waals surface area contributed by atoms with Crippen molar-refractivity contribution in [3.8, 4) is 22.8 Å². The van der Waals surface area contributed by atoms with Gasteiger partial charge in [0.25, 0.3) is 0 Å². The number of nitrogens with two attached hydrogens (primary N) is 1. The highest BCUT2D eigenvalue weighted by atomic mass is 19.2. The number of Topliss-reactive ketones (excluding diaryl/α,β-unsaturated/α-hetero) is 2. The number of anilines is 1. The Kier molecular flexibility index (Phi) is 8.04. The van der Waals surface area contributed by atoms with Crippen LogP contribution in [-0.2, 0) is 9.59 Å².